The number of aryl methyl sites for hydroxylation is 1. The molecule has 1 aromatic heterocycles. The zero-order valence-corrected chi connectivity index (χ0v) is 13.6. The first-order chi connectivity index (χ1) is 11.6. The van der Waals surface area contributed by atoms with Crippen molar-refractivity contribution >= 4 is 23.2 Å². The largest absolute Gasteiger partial charge is 0.476 e. The van der Waals surface area contributed by atoms with Gasteiger partial charge in [-0.1, -0.05) is 6.07 Å². The van der Waals surface area contributed by atoms with Crippen molar-refractivity contribution in [3.8, 4) is 11.5 Å². The molecule has 1 aliphatic heterocycles. The number of carbonyl (C=O) groups excluding carboxylic acids is 1. The molecule has 24 heavy (non-hydrogen) atoms. The number of hydrogen-bond donors (Lipinski definition) is 2. The maximum atomic E-state index is 11.9. The van der Waals surface area contributed by atoms with Crippen molar-refractivity contribution in [3.05, 3.63) is 39.8 Å². The Kier molecular flexibility index (Phi) is 4.95. The SMILES string of the molecule is O=C(CCc1ccc2c(c1)OCO2)NCCc1nc(C(=O)O)cs1. The van der Waals surface area contributed by atoms with Gasteiger partial charge in [-0.25, -0.2) is 9.78 Å². The number of carbonyl (C=O) groups is 2. The molecule has 0 bridgehead atoms. The summed E-state index contributed by atoms with van der Waals surface area (Å²) in [6.45, 7) is 0.673. The summed E-state index contributed by atoms with van der Waals surface area (Å²) >= 11 is 1.28. The van der Waals surface area contributed by atoms with Crippen molar-refractivity contribution in [1.29, 1.82) is 0 Å². The predicted octanol–water partition coefficient (Wildman–Crippen LogP) is 1.86. The molecule has 0 saturated heterocycles. The number of hydrogen-bond acceptors (Lipinski definition) is 6. The van der Waals surface area contributed by atoms with Crippen LogP contribution in [0.25, 0.3) is 0 Å². The number of nitrogens with zero attached hydrogens (tertiary/aromatic N) is 1. The number of aromatic carboxylic acids is 1. The van der Waals surface area contributed by atoms with Gasteiger partial charge in [-0.3, -0.25) is 4.79 Å². The summed E-state index contributed by atoms with van der Waals surface area (Å²) in [5, 5.41) is 13.8. The van der Waals surface area contributed by atoms with Crippen LogP contribution < -0.4 is 14.8 Å². The van der Waals surface area contributed by atoms with Crippen molar-refractivity contribution in [2.75, 3.05) is 13.3 Å². The summed E-state index contributed by atoms with van der Waals surface area (Å²) in [6, 6.07) is 5.65. The van der Waals surface area contributed by atoms with E-state index in [1.807, 2.05) is 18.2 Å². The van der Waals surface area contributed by atoms with Crippen LogP contribution in [0.2, 0.25) is 0 Å². The first kappa shape index (κ1) is 16.3. The molecule has 8 heteroatoms. The van der Waals surface area contributed by atoms with Gasteiger partial charge < -0.3 is 19.9 Å². The second-order valence-corrected chi connectivity index (χ2v) is 6.16. The minimum atomic E-state index is -1.04. The van der Waals surface area contributed by atoms with Crippen LogP contribution in [0.1, 0.15) is 27.5 Å². The van der Waals surface area contributed by atoms with Crippen LogP contribution in [0, 0.1) is 0 Å². The van der Waals surface area contributed by atoms with E-state index >= 15 is 0 Å². The Bertz CT molecular complexity index is 759. The van der Waals surface area contributed by atoms with Gasteiger partial charge in [-0.2, -0.15) is 0 Å². The average molecular weight is 348 g/mol. The normalized spacial score (nSPS) is 12.2. The van der Waals surface area contributed by atoms with Crippen molar-refractivity contribution in [2.45, 2.75) is 19.3 Å². The molecule has 1 aromatic carbocycles. The molecule has 0 aliphatic carbocycles. The number of fused-ring (bicyclic) bond motifs is 1. The number of rotatable bonds is 7. The highest BCUT2D eigenvalue weighted by molar-refractivity contribution is 7.09. The van der Waals surface area contributed by atoms with Gasteiger partial charge in [0.15, 0.2) is 17.2 Å². The van der Waals surface area contributed by atoms with Crippen LogP contribution >= 0.6 is 11.3 Å². The second-order valence-electron chi connectivity index (χ2n) is 5.22. The standard InChI is InChI=1S/C16H16N2O5S/c19-14(17-6-5-15-18-11(8-24-15)16(20)21)4-2-10-1-3-12-13(7-10)23-9-22-12/h1,3,7-8H,2,4-6,9H2,(H,17,19)(H,20,21). The first-order valence-corrected chi connectivity index (χ1v) is 8.33. The lowest BCUT2D eigenvalue weighted by Crippen LogP contribution is -2.25. The third-order valence-electron chi connectivity index (χ3n) is 3.51. The van der Waals surface area contributed by atoms with E-state index in [2.05, 4.69) is 10.3 Å². The number of nitrogens with one attached hydrogen (secondary N) is 1. The monoisotopic (exact) mass is 348 g/mol. The van der Waals surface area contributed by atoms with E-state index in [0.717, 1.165) is 11.3 Å². The van der Waals surface area contributed by atoms with Crippen molar-refractivity contribution in [1.82, 2.24) is 10.3 Å². The van der Waals surface area contributed by atoms with E-state index in [4.69, 9.17) is 14.6 Å². The fourth-order valence-electron chi connectivity index (χ4n) is 2.28. The highest BCUT2D eigenvalue weighted by Crippen LogP contribution is 2.32. The fourth-order valence-corrected chi connectivity index (χ4v) is 3.05. The fraction of sp³-hybridized carbons (Fsp3) is 0.312. The molecule has 2 aromatic rings. The molecule has 0 radical (unpaired) electrons. The molecule has 1 aliphatic rings. The summed E-state index contributed by atoms with van der Waals surface area (Å²) in [6.07, 6.45) is 1.51. The van der Waals surface area contributed by atoms with E-state index in [9.17, 15) is 9.59 Å². The lowest BCUT2D eigenvalue weighted by atomic mass is 10.1. The zero-order valence-electron chi connectivity index (χ0n) is 12.8. The molecule has 0 unspecified atom stereocenters. The van der Waals surface area contributed by atoms with Crippen LogP contribution in [-0.4, -0.2) is 35.3 Å². The number of carboxylic acids is 1. The van der Waals surface area contributed by atoms with Crippen molar-refractivity contribution < 1.29 is 24.2 Å². The first-order valence-electron chi connectivity index (χ1n) is 7.45. The Morgan fingerprint density at radius 3 is 2.88 bits per heavy atom. The van der Waals surface area contributed by atoms with Crippen LogP contribution in [-0.2, 0) is 17.6 Å². The van der Waals surface area contributed by atoms with E-state index in [1.165, 1.54) is 16.7 Å². The van der Waals surface area contributed by atoms with Gasteiger partial charge in [-0.15, -0.1) is 11.3 Å². The van der Waals surface area contributed by atoms with Gasteiger partial charge in [0.05, 0.1) is 5.01 Å². The lowest BCUT2D eigenvalue weighted by Gasteiger charge is -2.05. The van der Waals surface area contributed by atoms with Crippen molar-refractivity contribution in [3.63, 3.8) is 0 Å². The second kappa shape index (κ2) is 7.31. The summed E-state index contributed by atoms with van der Waals surface area (Å²) in [5.41, 5.74) is 1.06. The molecule has 0 spiro atoms. The van der Waals surface area contributed by atoms with Gasteiger partial charge in [0.25, 0.3) is 0 Å². The molecule has 0 atom stereocenters. The van der Waals surface area contributed by atoms with Gasteiger partial charge in [0, 0.05) is 24.8 Å². The molecular weight excluding hydrogens is 332 g/mol. The third kappa shape index (κ3) is 4.02. The molecule has 126 valence electrons. The highest BCUT2D eigenvalue weighted by atomic mass is 32.1. The number of benzene rings is 1. The summed E-state index contributed by atoms with van der Waals surface area (Å²) in [7, 11) is 0. The quantitative estimate of drug-likeness (QED) is 0.793. The number of ether oxygens (including phenoxy) is 2. The van der Waals surface area contributed by atoms with E-state index in [-0.39, 0.29) is 18.4 Å². The molecule has 3 rings (SSSR count). The van der Waals surface area contributed by atoms with E-state index < -0.39 is 5.97 Å². The smallest absolute Gasteiger partial charge is 0.355 e. The van der Waals surface area contributed by atoms with E-state index in [0.29, 0.717) is 36.6 Å². The third-order valence-corrected chi connectivity index (χ3v) is 4.42. The lowest BCUT2D eigenvalue weighted by molar-refractivity contribution is -0.121. The number of amides is 1. The summed E-state index contributed by atoms with van der Waals surface area (Å²) < 4.78 is 10.6. The molecule has 2 N–H and O–H groups in total. The molecule has 7 nitrogen and oxygen atoms in total. The van der Waals surface area contributed by atoms with Crippen LogP contribution in [0.3, 0.4) is 0 Å². The Balaban J connectivity index is 1.40. The van der Waals surface area contributed by atoms with Gasteiger partial charge in [0.1, 0.15) is 0 Å². The minimum Gasteiger partial charge on any atom is -0.476 e. The number of thiazole rings is 1. The molecule has 1 amide bonds. The predicted molar refractivity (Wildman–Crippen MR) is 86.7 cm³/mol. The maximum absolute atomic E-state index is 11.9. The van der Waals surface area contributed by atoms with E-state index in [1.54, 1.807) is 0 Å². The average Bonchev–Trinajstić information content (AvgIpc) is 3.21. The Morgan fingerprint density at radius 2 is 2.08 bits per heavy atom. The molecule has 2 heterocycles. The Labute approximate surface area is 142 Å². The molecular formula is C16H16N2O5S. The Hall–Kier alpha value is -2.61. The topological polar surface area (TPSA) is 97.8 Å². The van der Waals surface area contributed by atoms with Crippen LogP contribution in [0.15, 0.2) is 23.6 Å². The molecule has 0 fully saturated rings. The Morgan fingerprint density at radius 1 is 1.25 bits per heavy atom. The number of carboxylic acid groups (broad SMARTS) is 1. The minimum absolute atomic E-state index is 0.0455. The zero-order chi connectivity index (χ0) is 16.9. The molecule has 0 saturated carbocycles. The van der Waals surface area contributed by atoms with Gasteiger partial charge in [0.2, 0.25) is 12.7 Å². The van der Waals surface area contributed by atoms with Crippen molar-refractivity contribution in [2.24, 2.45) is 0 Å². The number of aromatic nitrogens is 1. The van der Waals surface area contributed by atoms with Gasteiger partial charge in [-0.05, 0) is 24.1 Å². The summed E-state index contributed by atoms with van der Waals surface area (Å²) in [4.78, 5) is 26.6. The van der Waals surface area contributed by atoms with Crippen LogP contribution in [0.5, 0.6) is 11.5 Å². The summed E-state index contributed by atoms with van der Waals surface area (Å²) in [5.74, 6) is 0.353. The van der Waals surface area contributed by atoms with Gasteiger partial charge >= 0.3 is 5.97 Å². The maximum Gasteiger partial charge on any atom is 0.355 e. The highest BCUT2D eigenvalue weighted by Gasteiger charge is 2.13. The van der Waals surface area contributed by atoms with Crippen LogP contribution in [0.4, 0.5) is 0 Å².